The van der Waals surface area contributed by atoms with E-state index in [2.05, 4.69) is 194 Å². The monoisotopic (exact) mass is 999 g/mol. The van der Waals surface area contributed by atoms with Crippen LogP contribution in [-0.2, 0) is 65.5 Å². The van der Waals surface area contributed by atoms with E-state index in [0.29, 0.717) is 0 Å². The third kappa shape index (κ3) is 20.2. The van der Waals surface area contributed by atoms with Crippen molar-refractivity contribution in [3.63, 3.8) is 0 Å². The lowest BCUT2D eigenvalue weighted by atomic mass is 10.1. The van der Waals surface area contributed by atoms with Crippen LogP contribution in [0.25, 0.3) is 24.3 Å². The van der Waals surface area contributed by atoms with Crippen LogP contribution in [-0.4, -0.2) is 29.9 Å². The quantitative estimate of drug-likeness (QED) is 0.0897. The maximum absolute atomic E-state index is 4.74. The van der Waals surface area contributed by atoms with Crippen molar-refractivity contribution in [2.75, 3.05) is 0 Å². The number of rotatable bonds is 16. The Kier molecular flexibility index (Phi) is 22.4. The summed E-state index contributed by atoms with van der Waals surface area (Å²) >= 11 is 0. The molecule has 0 spiro atoms. The lowest BCUT2D eigenvalue weighted by Gasteiger charge is -2.05. The van der Waals surface area contributed by atoms with E-state index in [9.17, 15) is 0 Å². The summed E-state index contributed by atoms with van der Waals surface area (Å²) < 4.78 is 4.56. The maximum Gasteiger partial charge on any atom is 0.245 e. The Bertz CT molecular complexity index is 3070. The molecule has 0 unspecified atom stereocenters. The van der Waals surface area contributed by atoms with Gasteiger partial charge in [-0.15, -0.1) is 0 Å². The van der Waals surface area contributed by atoms with Crippen LogP contribution in [0.3, 0.4) is 0 Å². The van der Waals surface area contributed by atoms with Crippen molar-refractivity contribution in [3.8, 4) is 0 Å². The summed E-state index contributed by atoms with van der Waals surface area (Å²) in [6, 6.07) is 62.8. The fourth-order valence-corrected chi connectivity index (χ4v) is 8.33. The molecule has 4 aromatic heterocycles. The SMILES string of the molecule is C(=C\c1cncc(/C=C/c2ccccc2)n1)/c1ccccc1.C[n+]1cc(CCc2ccccc2)[n+](C)c(CCc2ccccc2)c1.Cc1cncc(C)n1.c1ccc(CCc2cncc(CCc3ccccc3)n2)cc1. The summed E-state index contributed by atoms with van der Waals surface area (Å²) in [5, 5.41) is 0. The van der Waals surface area contributed by atoms with Crippen molar-refractivity contribution >= 4 is 24.3 Å². The summed E-state index contributed by atoms with van der Waals surface area (Å²) in [6.45, 7) is 3.86. The molecule has 6 aromatic carbocycles. The molecule has 0 aliphatic rings. The molecule has 0 saturated carbocycles. The number of aromatic nitrogens is 8. The summed E-state index contributed by atoms with van der Waals surface area (Å²) in [7, 11) is 4.32. The van der Waals surface area contributed by atoms with Gasteiger partial charge in [0.25, 0.3) is 0 Å². The zero-order valence-electron chi connectivity index (χ0n) is 44.5. The highest BCUT2D eigenvalue weighted by Gasteiger charge is 2.19. The molecular weight excluding hydrogens is 929 g/mol. The average Bonchev–Trinajstić information content (AvgIpc) is 3.47. The molecular formula is C68H70N8+2. The van der Waals surface area contributed by atoms with Gasteiger partial charge in [0.1, 0.15) is 14.1 Å². The van der Waals surface area contributed by atoms with Gasteiger partial charge in [0.2, 0.25) is 23.8 Å². The highest BCUT2D eigenvalue weighted by molar-refractivity contribution is 5.70. The Morgan fingerprint density at radius 1 is 0.329 bits per heavy atom. The van der Waals surface area contributed by atoms with Crippen LogP contribution in [0.4, 0.5) is 0 Å². The average molecular weight is 999 g/mol. The van der Waals surface area contributed by atoms with Gasteiger partial charge in [-0.2, -0.15) is 9.13 Å². The van der Waals surface area contributed by atoms with E-state index in [0.717, 1.165) is 96.7 Å². The van der Waals surface area contributed by atoms with E-state index in [1.165, 1.54) is 33.6 Å². The summed E-state index contributed by atoms with van der Waals surface area (Å²) in [5.74, 6) is 0. The molecule has 4 heterocycles. The maximum atomic E-state index is 4.74. The van der Waals surface area contributed by atoms with Gasteiger partial charge in [-0.25, -0.2) is 4.98 Å². The molecule has 0 saturated heterocycles. The first-order valence-electron chi connectivity index (χ1n) is 26.2. The number of hydrogen-bond donors (Lipinski definition) is 0. The molecule has 380 valence electrons. The highest BCUT2D eigenvalue weighted by atomic mass is 15.0. The Hall–Kier alpha value is -8.88. The first kappa shape index (κ1) is 54.9. The molecule has 10 rings (SSSR count). The second-order valence-corrected chi connectivity index (χ2v) is 18.6. The molecule has 0 bridgehead atoms. The van der Waals surface area contributed by atoms with E-state index in [4.69, 9.17) is 4.98 Å². The van der Waals surface area contributed by atoms with Crippen molar-refractivity contribution in [1.82, 2.24) is 29.9 Å². The Balaban J connectivity index is 0.000000154. The van der Waals surface area contributed by atoms with Gasteiger partial charge in [-0.05, 0) is 97.9 Å². The predicted molar refractivity (Wildman–Crippen MR) is 311 cm³/mol. The summed E-state index contributed by atoms with van der Waals surface area (Å²) in [6.07, 6.45) is 31.5. The third-order valence-corrected chi connectivity index (χ3v) is 12.4. The number of benzene rings is 6. The van der Waals surface area contributed by atoms with Gasteiger partial charge < -0.3 is 0 Å². The molecule has 0 N–H and O–H groups in total. The summed E-state index contributed by atoms with van der Waals surface area (Å²) in [4.78, 5) is 25.9. The van der Waals surface area contributed by atoms with Crippen LogP contribution in [0.1, 0.15) is 78.9 Å². The fourth-order valence-electron chi connectivity index (χ4n) is 8.33. The topological polar surface area (TPSA) is 85.1 Å². The molecule has 0 aliphatic carbocycles. The lowest BCUT2D eigenvalue weighted by molar-refractivity contribution is -0.737. The number of hydrogen-bond acceptors (Lipinski definition) is 6. The van der Waals surface area contributed by atoms with Gasteiger partial charge in [0.15, 0.2) is 0 Å². The largest absolute Gasteiger partial charge is 0.261 e. The minimum absolute atomic E-state index is 0.846. The van der Waals surface area contributed by atoms with Crippen LogP contribution in [0.5, 0.6) is 0 Å². The minimum Gasteiger partial charge on any atom is -0.261 e. The number of aryl methyl sites for hydroxylation is 11. The van der Waals surface area contributed by atoms with E-state index < -0.39 is 0 Å². The van der Waals surface area contributed by atoms with Crippen molar-refractivity contribution in [2.24, 2.45) is 14.1 Å². The van der Waals surface area contributed by atoms with Crippen LogP contribution >= 0.6 is 0 Å². The zero-order valence-corrected chi connectivity index (χ0v) is 44.5. The molecule has 0 atom stereocenters. The van der Waals surface area contributed by atoms with Crippen LogP contribution in [0.15, 0.2) is 232 Å². The fraction of sp³-hybridized carbons (Fsp3) is 0.176. The van der Waals surface area contributed by atoms with Crippen LogP contribution in [0, 0.1) is 13.8 Å². The van der Waals surface area contributed by atoms with Gasteiger partial charge in [0, 0.05) is 37.6 Å². The first-order valence-corrected chi connectivity index (χ1v) is 26.2. The van der Waals surface area contributed by atoms with E-state index in [1.807, 2.05) is 99.1 Å². The molecule has 8 heteroatoms. The third-order valence-electron chi connectivity index (χ3n) is 12.4. The molecule has 0 aliphatic heterocycles. The van der Waals surface area contributed by atoms with E-state index in [-0.39, 0.29) is 0 Å². The molecule has 76 heavy (non-hydrogen) atoms. The molecule has 10 aromatic rings. The van der Waals surface area contributed by atoms with E-state index in [1.54, 1.807) is 24.8 Å². The predicted octanol–water partition coefficient (Wildman–Crippen LogP) is 12.9. The van der Waals surface area contributed by atoms with Gasteiger partial charge in [-0.3, -0.25) is 24.9 Å². The Morgan fingerprint density at radius 2 is 0.658 bits per heavy atom. The van der Waals surface area contributed by atoms with Crippen molar-refractivity contribution < 1.29 is 9.13 Å². The number of nitrogens with zero attached hydrogens (tertiary/aromatic N) is 8. The molecule has 0 radical (unpaired) electrons. The molecule has 0 amide bonds. The lowest BCUT2D eigenvalue weighted by Crippen LogP contribution is -2.45. The Morgan fingerprint density at radius 3 is 1.01 bits per heavy atom. The van der Waals surface area contributed by atoms with E-state index >= 15 is 0 Å². The second kappa shape index (κ2) is 31.0. The summed E-state index contributed by atoms with van der Waals surface area (Å²) in [5.41, 5.74) is 16.3. The highest BCUT2D eigenvalue weighted by Crippen LogP contribution is 2.12. The van der Waals surface area contributed by atoms with Gasteiger partial charge >= 0.3 is 0 Å². The first-order chi connectivity index (χ1) is 37.3. The Labute approximate surface area is 451 Å². The smallest absolute Gasteiger partial charge is 0.245 e. The normalized spacial score (nSPS) is 10.7. The van der Waals surface area contributed by atoms with Crippen molar-refractivity contribution in [2.45, 2.75) is 65.2 Å². The second-order valence-electron chi connectivity index (χ2n) is 18.6. The zero-order chi connectivity index (χ0) is 52.8. The van der Waals surface area contributed by atoms with Crippen LogP contribution < -0.4 is 9.13 Å². The molecule has 8 nitrogen and oxygen atoms in total. The molecule has 0 fully saturated rings. The van der Waals surface area contributed by atoms with Crippen LogP contribution in [0.2, 0.25) is 0 Å². The van der Waals surface area contributed by atoms with Crippen molar-refractivity contribution in [1.29, 1.82) is 0 Å². The standard InChI is InChI=1S/C22H26N2.C20H20N2.C20H16N2.C6H8N2/c1-23-17-21(15-13-19-9-5-3-6-10-19)24(2)22(18-23)16-14-20-11-7-4-8-12-20;2*1-3-7-17(8-4-1)11-13-19-15-21-16-20(22-19)14-12-18-9-5-2-6-10-18;1-5-3-7-4-6(2)8-5/h3-12,17-18H,13-16H2,1-2H3;1-10,15-16H,11-14H2;1-16H;3-4H,1-2H3/q+2;;;/b;;13-11+,14-12+;. The van der Waals surface area contributed by atoms with Gasteiger partial charge in [-0.1, -0.05) is 194 Å². The van der Waals surface area contributed by atoms with Gasteiger partial charge in [0.05, 0.1) is 46.6 Å². The minimum atomic E-state index is 0.846. The van der Waals surface area contributed by atoms with Crippen molar-refractivity contribution in [3.05, 3.63) is 310 Å².